The quantitative estimate of drug-likeness (QED) is 0.800. The zero-order valence-electron chi connectivity index (χ0n) is 10.6. The molecule has 0 radical (unpaired) electrons. The molecular formula is C12H22N2O. The summed E-state index contributed by atoms with van der Waals surface area (Å²) in [6.07, 6.45) is 0. The smallest absolute Gasteiger partial charge is 0.269 e. The van der Waals surface area contributed by atoms with E-state index in [1.54, 1.807) is 4.68 Å². The van der Waals surface area contributed by atoms with E-state index in [9.17, 15) is 4.79 Å². The monoisotopic (exact) mass is 210 g/mol. The normalized spacial score (nSPS) is 12.5. The third-order valence-electron chi connectivity index (χ3n) is 2.49. The van der Waals surface area contributed by atoms with E-state index in [4.69, 9.17) is 0 Å². The van der Waals surface area contributed by atoms with E-state index in [1.165, 1.54) is 0 Å². The highest BCUT2D eigenvalue weighted by atomic mass is 16.1. The summed E-state index contributed by atoms with van der Waals surface area (Å²) in [5.74, 6) is 0.480. The molecule has 0 spiro atoms. The standard InChI is InChI=1S/C12H22N2O/c1-8(2)7-14-11(15)9(3)10(13-14)12(4,5)6/h8,13H,7H2,1-6H3. The number of nitrogens with zero attached hydrogens (tertiary/aromatic N) is 1. The van der Waals surface area contributed by atoms with Crippen LogP contribution in [0.15, 0.2) is 4.79 Å². The fraction of sp³-hybridized carbons (Fsp3) is 0.750. The van der Waals surface area contributed by atoms with Crippen LogP contribution in [0.1, 0.15) is 45.9 Å². The van der Waals surface area contributed by atoms with Crippen molar-refractivity contribution in [2.75, 3.05) is 0 Å². The van der Waals surface area contributed by atoms with Gasteiger partial charge in [0.25, 0.3) is 5.56 Å². The van der Waals surface area contributed by atoms with Gasteiger partial charge in [-0.05, 0) is 12.8 Å². The third-order valence-corrected chi connectivity index (χ3v) is 2.49. The number of rotatable bonds is 2. The van der Waals surface area contributed by atoms with Crippen molar-refractivity contribution in [3.05, 3.63) is 21.6 Å². The van der Waals surface area contributed by atoms with E-state index in [-0.39, 0.29) is 11.0 Å². The Hall–Kier alpha value is -0.990. The highest BCUT2D eigenvalue weighted by molar-refractivity contribution is 5.22. The van der Waals surface area contributed by atoms with Gasteiger partial charge in [-0.15, -0.1) is 0 Å². The van der Waals surface area contributed by atoms with E-state index in [0.717, 1.165) is 17.8 Å². The molecule has 1 aromatic rings. The molecule has 0 saturated carbocycles. The maximum absolute atomic E-state index is 11.9. The van der Waals surface area contributed by atoms with Gasteiger partial charge in [-0.3, -0.25) is 14.6 Å². The zero-order chi connectivity index (χ0) is 11.8. The molecule has 0 atom stereocenters. The summed E-state index contributed by atoms with van der Waals surface area (Å²) >= 11 is 0. The summed E-state index contributed by atoms with van der Waals surface area (Å²) < 4.78 is 1.72. The van der Waals surface area contributed by atoms with Crippen LogP contribution in [0.3, 0.4) is 0 Å². The fourth-order valence-corrected chi connectivity index (χ4v) is 1.80. The van der Waals surface area contributed by atoms with Gasteiger partial charge < -0.3 is 0 Å². The van der Waals surface area contributed by atoms with Gasteiger partial charge in [-0.25, -0.2) is 0 Å². The molecular weight excluding hydrogens is 188 g/mol. The van der Waals surface area contributed by atoms with Crippen LogP contribution in [-0.2, 0) is 12.0 Å². The van der Waals surface area contributed by atoms with Crippen LogP contribution >= 0.6 is 0 Å². The van der Waals surface area contributed by atoms with Crippen molar-refractivity contribution in [2.45, 2.75) is 53.5 Å². The molecule has 1 N–H and O–H groups in total. The molecule has 0 aliphatic carbocycles. The number of H-pyrrole nitrogens is 1. The number of hydrogen-bond acceptors (Lipinski definition) is 1. The highest BCUT2D eigenvalue weighted by Gasteiger charge is 2.21. The van der Waals surface area contributed by atoms with Crippen molar-refractivity contribution in [3.8, 4) is 0 Å². The molecule has 1 aromatic heterocycles. The van der Waals surface area contributed by atoms with Gasteiger partial charge in [0.2, 0.25) is 0 Å². The van der Waals surface area contributed by atoms with Gasteiger partial charge in [-0.2, -0.15) is 0 Å². The van der Waals surface area contributed by atoms with Crippen molar-refractivity contribution < 1.29 is 0 Å². The van der Waals surface area contributed by atoms with E-state index in [2.05, 4.69) is 39.7 Å². The largest absolute Gasteiger partial charge is 0.299 e. The molecule has 1 heterocycles. The summed E-state index contributed by atoms with van der Waals surface area (Å²) in [7, 11) is 0. The van der Waals surface area contributed by atoms with Crippen LogP contribution in [-0.4, -0.2) is 9.78 Å². The van der Waals surface area contributed by atoms with Crippen molar-refractivity contribution in [2.24, 2.45) is 5.92 Å². The number of aromatic amines is 1. The van der Waals surface area contributed by atoms with Gasteiger partial charge in [0, 0.05) is 23.2 Å². The topological polar surface area (TPSA) is 37.8 Å². The molecule has 0 aliphatic rings. The molecule has 0 aliphatic heterocycles. The molecule has 3 heteroatoms. The predicted molar refractivity (Wildman–Crippen MR) is 63.3 cm³/mol. The second kappa shape index (κ2) is 3.87. The molecule has 0 fully saturated rings. The van der Waals surface area contributed by atoms with E-state index in [0.29, 0.717) is 5.92 Å². The Kier molecular flexibility index (Phi) is 3.12. The number of aromatic nitrogens is 2. The maximum Gasteiger partial charge on any atom is 0.269 e. The van der Waals surface area contributed by atoms with Crippen molar-refractivity contribution in [3.63, 3.8) is 0 Å². The lowest BCUT2D eigenvalue weighted by molar-refractivity contribution is 0.457. The van der Waals surface area contributed by atoms with E-state index < -0.39 is 0 Å². The Labute approximate surface area is 91.5 Å². The minimum absolute atomic E-state index is 0.00543. The van der Waals surface area contributed by atoms with Crippen molar-refractivity contribution >= 4 is 0 Å². The molecule has 0 saturated heterocycles. The lowest BCUT2D eigenvalue weighted by Crippen LogP contribution is -2.20. The van der Waals surface area contributed by atoms with Crippen molar-refractivity contribution in [1.82, 2.24) is 9.78 Å². The average molecular weight is 210 g/mol. The minimum Gasteiger partial charge on any atom is -0.299 e. The van der Waals surface area contributed by atoms with Gasteiger partial charge in [0.1, 0.15) is 0 Å². The summed E-state index contributed by atoms with van der Waals surface area (Å²) in [4.78, 5) is 11.9. The minimum atomic E-state index is 0.00543. The first-order chi connectivity index (χ1) is 6.73. The Morgan fingerprint density at radius 1 is 1.33 bits per heavy atom. The molecule has 15 heavy (non-hydrogen) atoms. The van der Waals surface area contributed by atoms with Gasteiger partial charge in [0.15, 0.2) is 0 Å². The third kappa shape index (κ3) is 2.52. The predicted octanol–water partition coefficient (Wildman–Crippen LogP) is 2.44. The first-order valence-electron chi connectivity index (χ1n) is 5.53. The maximum atomic E-state index is 11.9. The number of nitrogens with one attached hydrogen (secondary N) is 1. The number of hydrogen-bond donors (Lipinski definition) is 1. The van der Waals surface area contributed by atoms with Gasteiger partial charge in [-0.1, -0.05) is 34.6 Å². The SMILES string of the molecule is Cc1c(C(C)(C)C)[nH]n(CC(C)C)c1=O. The molecule has 0 aromatic carbocycles. The lowest BCUT2D eigenvalue weighted by atomic mass is 9.90. The molecule has 3 nitrogen and oxygen atoms in total. The second-order valence-corrected chi connectivity index (χ2v) is 5.67. The Bertz CT molecular complexity index is 391. The first-order valence-corrected chi connectivity index (χ1v) is 5.53. The Morgan fingerprint density at radius 2 is 1.87 bits per heavy atom. The lowest BCUT2D eigenvalue weighted by Gasteiger charge is -2.17. The summed E-state index contributed by atoms with van der Waals surface area (Å²) in [5.41, 5.74) is 2.02. The van der Waals surface area contributed by atoms with Crippen molar-refractivity contribution in [1.29, 1.82) is 0 Å². The zero-order valence-corrected chi connectivity index (χ0v) is 10.6. The molecule has 0 amide bonds. The fourth-order valence-electron chi connectivity index (χ4n) is 1.80. The Balaban J connectivity index is 3.19. The van der Waals surface area contributed by atoms with Crippen LogP contribution in [0.25, 0.3) is 0 Å². The van der Waals surface area contributed by atoms with E-state index >= 15 is 0 Å². The molecule has 86 valence electrons. The average Bonchev–Trinajstić information content (AvgIpc) is 2.30. The van der Waals surface area contributed by atoms with Gasteiger partial charge in [0.05, 0.1) is 0 Å². The highest BCUT2D eigenvalue weighted by Crippen LogP contribution is 2.21. The van der Waals surface area contributed by atoms with Crippen LogP contribution in [0.4, 0.5) is 0 Å². The molecule has 0 unspecified atom stereocenters. The van der Waals surface area contributed by atoms with Gasteiger partial charge >= 0.3 is 0 Å². The van der Waals surface area contributed by atoms with Crippen LogP contribution in [0.2, 0.25) is 0 Å². The molecule has 0 bridgehead atoms. The van der Waals surface area contributed by atoms with Crippen LogP contribution in [0.5, 0.6) is 0 Å². The summed E-state index contributed by atoms with van der Waals surface area (Å²) in [5, 5.41) is 3.23. The van der Waals surface area contributed by atoms with Crippen LogP contribution in [0, 0.1) is 12.8 Å². The van der Waals surface area contributed by atoms with E-state index in [1.807, 2.05) is 6.92 Å². The Morgan fingerprint density at radius 3 is 2.20 bits per heavy atom. The summed E-state index contributed by atoms with van der Waals surface area (Å²) in [6.45, 7) is 13.2. The summed E-state index contributed by atoms with van der Waals surface area (Å²) in [6, 6.07) is 0. The second-order valence-electron chi connectivity index (χ2n) is 5.67. The first kappa shape index (κ1) is 12.1. The van der Waals surface area contributed by atoms with Crippen LogP contribution < -0.4 is 5.56 Å². The molecule has 1 rings (SSSR count).